The fourth-order valence-electron chi connectivity index (χ4n) is 6.59. The molecule has 0 spiro atoms. The minimum absolute atomic E-state index is 0. The third-order valence-corrected chi connectivity index (χ3v) is 15.3. The number of hydrogen-bond donors (Lipinski definition) is 0. The first-order valence-corrected chi connectivity index (χ1v) is 17.8. The van der Waals surface area contributed by atoms with E-state index in [9.17, 15) is 0 Å². The van der Waals surface area contributed by atoms with Crippen LogP contribution in [0.3, 0.4) is 0 Å². The Labute approximate surface area is 265 Å². The average molecular weight is 732 g/mol. The van der Waals surface area contributed by atoms with Crippen LogP contribution in [0.4, 0.5) is 0 Å². The van der Waals surface area contributed by atoms with Crippen molar-refractivity contribution in [2.75, 3.05) is 0 Å². The third kappa shape index (κ3) is 4.75. The number of allylic oxidation sites excluding steroid dienone is 2. The molecule has 0 nitrogen and oxygen atoms in total. The molecule has 0 saturated carbocycles. The van der Waals surface area contributed by atoms with Gasteiger partial charge in [0, 0.05) is 0 Å². The van der Waals surface area contributed by atoms with Crippen LogP contribution in [0.1, 0.15) is 40.7 Å². The van der Waals surface area contributed by atoms with E-state index in [2.05, 4.69) is 146 Å². The fraction of sp³-hybridized carbons (Fsp3) is 0.0526. The second-order valence-electron chi connectivity index (χ2n) is 10.5. The summed E-state index contributed by atoms with van der Waals surface area (Å²) in [7, 11) is 0. The molecular weight excluding hydrogens is 706 g/mol. The first-order valence-electron chi connectivity index (χ1n) is 13.7. The Balaban J connectivity index is 0.00000151. The van der Waals surface area contributed by atoms with Gasteiger partial charge >= 0.3 is 242 Å². The Morgan fingerprint density at radius 3 is 1.27 bits per heavy atom. The number of rotatable bonds is 4. The van der Waals surface area contributed by atoms with Crippen LogP contribution in [0.25, 0.3) is 44.8 Å². The summed E-state index contributed by atoms with van der Waals surface area (Å²) in [6.45, 7) is 0. The standard InChI is InChI=1S/2C19H13.2ClH.Hf/c2*1-2-8-16-13-17(12-15(16)7-1)19-11-5-9-14-6-3-4-10-18(14)19;;;/h2*1-13H;2*1H;/q;;;;+2/p-2. The molecule has 0 saturated heterocycles. The van der Waals surface area contributed by atoms with Crippen LogP contribution in [0.2, 0.25) is 0 Å². The summed E-state index contributed by atoms with van der Waals surface area (Å²) in [6, 6.07) is 49.7. The maximum atomic E-state index is 2.50. The molecule has 6 aromatic carbocycles. The maximum Gasteiger partial charge on any atom is -1.00 e. The largest absolute Gasteiger partial charge is 1.00 e. The topological polar surface area (TPSA) is 0 Å². The summed E-state index contributed by atoms with van der Waals surface area (Å²) in [6.07, 6.45) is 4.99. The van der Waals surface area contributed by atoms with Crippen LogP contribution >= 0.6 is 0 Å². The molecule has 2 aliphatic carbocycles. The molecule has 196 valence electrons. The van der Waals surface area contributed by atoms with Crippen LogP contribution in [0, 0.1) is 0 Å². The van der Waals surface area contributed by atoms with Crippen LogP contribution in [0.15, 0.2) is 133 Å². The van der Waals surface area contributed by atoms with Gasteiger partial charge in [0.25, 0.3) is 0 Å². The van der Waals surface area contributed by atoms with Crippen molar-refractivity contribution in [1.82, 2.24) is 0 Å². The normalized spacial score (nSPS) is 16.6. The van der Waals surface area contributed by atoms with E-state index < -0.39 is 22.9 Å². The zero-order chi connectivity index (χ0) is 25.8. The van der Waals surface area contributed by atoms with Gasteiger partial charge in [-0.25, -0.2) is 0 Å². The second-order valence-corrected chi connectivity index (χ2v) is 15.9. The van der Waals surface area contributed by atoms with Crippen molar-refractivity contribution in [3.63, 3.8) is 0 Å². The molecule has 2 atom stereocenters. The minimum atomic E-state index is -1.40. The van der Waals surface area contributed by atoms with E-state index in [1.54, 1.807) is 0 Å². The predicted octanol–water partition coefficient (Wildman–Crippen LogP) is 3.97. The van der Waals surface area contributed by atoms with E-state index in [0.29, 0.717) is 7.35 Å². The maximum absolute atomic E-state index is 2.50. The van der Waals surface area contributed by atoms with Crippen molar-refractivity contribution in [3.05, 3.63) is 167 Å². The summed E-state index contributed by atoms with van der Waals surface area (Å²) in [5.74, 6) is 0. The first-order chi connectivity index (χ1) is 19.3. The van der Waals surface area contributed by atoms with E-state index >= 15 is 0 Å². The van der Waals surface area contributed by atoms with E-state index in [1.807, 2.05) is 0 Å². The summed E-state index contributed by atoms with van der Waals surface area (Å²) >= 11 is -1.40. The van der Waals surface area contributed by atoms with Crippen molar-refractivity contribution in [1.29, 1.82) is 0 Å². The van der Waals surface area contributed by atoms with Gasteiger partial charge in [0.15, 0.2) is 0 Å². The molecule has 2 aliphatic rings. The van der Waals surface area contributed by atoms with E-state index in [-0.39, 0.29) is 24.8 Å². The van der Waals surface area contributed by atoms with E-state index in [4.69, 9.17) is 0 Å². The average Bonchev–Trinajstić information content (AvgIpc) is 3.55. The van der Waals surface area contributed by atoms with Crippen molar-refractivity contribution >= 4 is 44.8 Å². The molecule has 0 heterocycles. The smallest absolute Gasteiger partial charge is 1.00 e. The molecule has 0 amide bonds. The number of hydrogen-bond acceptors (Lipinski definition) is 0. The molecule has 0 radical (unpaired) electrons. The molecular formula is C38H26Cl2Hf. The quantitative estimate of drug-likeness (QED) is 0.241. The van der Waals surface area contributed by atoms with Crippen molar-refractivity contribution in [3.8, 4) is 0 Å². The molecule has 8 rings (SSSR count). The van der Waals surface area contributed by atoms with Gasteiger partial charge in [-0.1, -0.05) is 0 Å². The van der Waals surface area contributed by atoms with E-state index in [0.717, 1.165) is 0 Å². The zero-order valence-corrected chi connectivity index (χ0v) is 27.4. The van der Waals surface area contributed by atoms with Gasteiger partial charge in [-0.2, -0.15) is 0 Å². The summed E-state index contributed by atoms with van der Waals surface area (Å²) < 4.78 is 1.03. The molecule has 0 N–H and O–H groups in total. The molecule has 0 fully saturated rings. The molecule has 3 heteroatoms. The van der Waals surface area contributed by atoms with E-state index in [1.165, 1.54) is 66.1 Å². The predicted molar refractivity (Wildman–Crippen MR) is 162 cm³/mol. The Hall–Kier alpha value is -3.23. The zero-order valence-electron chi connectivity index (χ0n) is 22.3. The van der Waals surface area contributed by atoms with Crippen molar-refractivity contribution < 1.29 is 47.7 Å². The van der Waals surface area contributed by atoms with Gasteiger partial charge in [-0.15, -0.1) is 0 Å². The molecule has 0 bridgehead atoms. The van der Waals surface area contributed by atoms with Gasteiger partial charge in [0.05, 0.1) is 0 Å². The van der Waals surface area contributed by atoms with Crippen LogP contribution in [0.5, 0.6) is 0 Å². The molecule has 41 heavy (non-hydrogen) atoms. The summed E-state index contributed by atoms with van der Waals surface area (Å²) in [4.78, 5) is 0. The molecule has 6 aromatic rings. The Kier molecular flexibility index (Phi) is 7.88. The molecule has 0 aromatic heterocycles. The van der Waals surface area contributed by atoms with Crippen LogP contribution in [-0.4, -0.2) is 0 Å². The van der Waals surface area contributed by atoms with Crippen LogP contribution in [-0.2, 0) is 22.9 Å². The van der Waals surface area contributed by atoms with Gasteiger partial charge in [-0.05, 0) is 0 Å². The van der Waals surface area contributed by atoms with Crippen LogP contribution < -0.4 is 24.8 Å². The molecule has 0 aliphatic heterocycles. The monoisotopic (exact) mass is 732 g/mol. The first kappa shape index (κ1) is 27.9. The second kappa shape index (κ2) is 11.6. The van der Waals surface area contributed by atoms with Crippen molar-refractivity contribution in [2.24, 2.45) is 0 Å². The Bertz CT molecular complexity index is 1820. The summed E-state index contributed by atoms with van der Waals surface area (Å²) in [5, 5.41) is 5.37. The molecule has 2 unspecified atom stereocenters. The minimum Gasteiger partial charge on any atom is -1.00 e. The number of benzene rings is 6. The summed E-state index contributed by atoms with van der Waals surface area (Å²) in [5.41, 5.74) is 11.7. The van der Waals surface area contributed by atoms with Crippen molar-refractivity contribution in [2.45, 2.75) is 7.35 Å². The van der Waals surface area contributed by atoms with Gasteiger partial charge in [0.1, 0.15) is 0 Å². The Morgan fingerprint density at radius 2 is 0.780 bits per heavy atom. The number of fused-ring (bicyclic) bond motifs is 4. The third-order valence-electron chi connectivity index (χ3n) is 8.39. The van der Waals surface area contributed by atoms with Gasteiger partial charge < -0.3 is 24.8 Å². The number of halogens is 2. The fourth-order valence-corrected chi connectivity index (χ4v) is 14.0. The van der Waals surface area contributed by atoms with Gasteiger partial charge in [-0.3, -0.25) is 0 Å². The Morgan fingerprint density at radius 1 is 0.390 bits per heavy atom. The SMILES string of the molecule is C1=C(c2cccc3ccccc23)[CH]([Hf+2][CH]2C(c3cccc4ccccc34)=Cc3ccccc32)c2ccccc21.[Cl-].[Cl-]. The van der Waals surface area contributed by atoms with Gasteiger partial charge in [0.2, 0.25) is 0 Å².